The van der Waals surface area contributed by atoms with Crippen molar-refractivity contribution in [2.45, 2.75) is 44.4 Å². The van der Waals surface area contributed by atoms with Crippen molar-refractivity contribution in [2.75, 3.05) is 13.7 Å². The second kappa shape index (κ2) is 10.4. The van der Waals surface area contributed by atoms with E-state index in [2.05, 4.69) is 44.7 Å². The fourth-order valence-electron chi connectivity index (χ4n) is 5.90. The molecule has 1 amide bonds. The molecular weight excluding hydrogens is 500 g/mol. The number of methoxy groups -OCH3 is 1. The van der Waals surface area contributed by atoms with Crippen molar-refractivity contribution in [3.8, 4) is 5.69 Å². The van der Waals surface area contributed by atoms with Crippen molar-refractivity contribution < 1.29 is 24.0 Å². The first-order valence-electron chi connectivity index (χ1n) is 12.7. The number of hydrogen-bond acceptors (Lipinski definition) is 6. The lowest BCUT2D eigenvalue weighted by Crippen LogP contribution is -2.63. The number of aliphatic hydroxyl groups is 1. The van der Waals surface area contributed by atoms with Crippen molar-refractivity contribution in [3.05, 3.63) is 84.1 Å². The lowest BCUT2D eigenvalue weighted by atomic mass is 9.78. The van der Waals surface area contributed by atoms with E-state index in [9.17, 15) is 14.7 Å². The highest BCUT2D eigenvalue weighted by Gasteiger charge is 2.60. The molecule has 0 spiro atoms. The van der Waals surface area contributed by atoms with Gasteiger partial charge in [-0.3, -0.25) is 4.79 Å². The van der Waals surface area contributed by atoms with E-state index < -0.39 is 18.0 Å². The number of carbonyl (C=O) groups is 2. The van der Waals surface area contributed by atoms with Gasteiger partial charge in [0.15, 0.2) is 0 Å². The van der Waals surface area contributed by atoms with Gasteiger partial charge in [0.05, 0.1) is 25.2 Å². The summed E-state index contributed by atoms with van der Waals surface area (Å²) in [5.41, 5.74) is 5.69. The van der Waals surface area contributed by atoms with E-state index in [0.717, 1.165) is 27.3 Å². The van der Waals surface area contributed by atoms with Gasteiger partial charge in [-0.15, -0.1) is 0 Å². The Hall–Kier alpha value is -3.40. The fourth-order valence-corrected chi connectivity index (χ4v) is 6.98. The van der Waals surface area contributed by atoms with E-state index in [1.807, 2.05) is 38.6 Å². The molecule has 5 rings (SSSR count). The van der Waals surface area contributed by atoms with Gasteiger partial charge in [-0.05, 0) is 54.6 Å². The molecule has 4 heterocycles. The Morgan fingerprint density at radius 3 is 2.84 bits per heavy atom. The molecule has 8 nitrogen and oxygen atoms in total. The summed E-state index contributed by atoms with van der Waals surface area (Å²) >= 11 is 1.65. The van der Waals surface area contributed by atoms with Crippen molar-refractivity contribution in [2.24, 2.45) is 11.8 Å². The molecule has 0 radical (unpaired) electrons. The highest BCUT2D eigenvalue weighted by molar-refractivity contribution is 7.97. The molecule has 3 aliphatic heterocycles. The van der Waals surface area contributed by atoms with Crippen LogP contribution in [0.4, 0.5) is 0 Å². The number of ether oxygens (including phenoxy) is 1. The Bertz CT molecular complexity index is 1380. The quantitative estimate of drug-likeness (QED) is 0.177. The predicted octanol–water partition coefficient (Wildman–Crippen LogP) is 3.54. The van der Waals surface area contributed by atoms with E-state index in [1.165, 1.54) is 12.7 Å². The molecule has 38 heavy (non-hydrogen) atoms. The number of esters is 1. The summed E-state index contributed by atoms with van der Waals surface area (Å²) in [6, 6.07) is 4.03. The van der Waals surface area contributed by atoms with E-state index in [-0.39, 0.29) is 17.9 Å². The number of H-pyrrole nitrogens is 1. The zero-order valence-electron chi connectivity index (χ0n) is 22.0. The maximum absolute atomic E-state index is 12.9. The van der Waals surface area contributed by atoms with Crippen LogP contribution in [0.5, 0.6) is 0 Å². The SMILES string of the molecule is C=C/C=C\C(=C/C)c1c(-[n+]2cc[nH]c2)ccc2c1CN(CC1=C(C(=O)OC)N3C(=O)[C@H]([C@@H](C)O)C3[C@H]1C)S2. The minimum Gasteiger partial charge on any atom is -0.464 e. The second-order valence-electron chi connectivity index (χ2n) is 9.80. The van der Waals surface area contributed by atoms with Gasteiger partial charge in [-0.25, -0.2) is 18.7 Å². The van der Waals surface area contributed by atoms with Gasteiger partial charge in [-0.1, -0.05) is 37.8 Å². The van der Waals surface area contributed by atoms with Crippen molar-refractivity contribution in [1.29, 1.82) is 0 Å². The van der Waals surface area contributed by atoms with E-state index in [1.54, 1.807) is 29.8 Å². The first-order valence-corrected chi connectivity index (χ1v) is 13.5. The zero-order valence-corrected chi connectivity index (χ0v) is 22.9. The van der Waals surface area contributed by atoms with Crippen LogP contribution in [-0.4, -0.2) is 57.0 Å². The highest BCUT2D eigenvalue weighted by atomic mass is 32.2. The van der Waals surface area contributed by atoms with Crippen LogP contribution in [0.2, 0.25) is 0 Å². The van der Waals surface area contributed by atoms with Crippen molar-refractivity contribution in [3.63, 3.8) is 0 Å². The van der Waals surface area contributed by atoms with Crippen LogP contribution in [0.15, 0.2) is 77.9 Å². The van der Waals surface area contributed by atoms with Crippen LogP contribution in [0, 0.1) is 11.8 Å². The number of imidazole rings is 1. The standard InChI is InChI=1S/C29H32N4O4S/c1-6-8-9-19(7-2)25-21-15-32(38-23(21)11-10-22(25)31-13-12-30-16-31)14-20-17(3)26-24(18(4)34)28(35)33(26)27(20)29(36)37-5/h6-13,16-18,24,26,34H,1,14-15H2,2-5H3/p+1/b9-8-,19-7+/t17-,18+,24+,26?/m0/s1. The average molecular weight is 534 g/mol. The normalized spacial score (nSPS) is 24.0. The number of amides is 1. The van der Waals surface area contributed by atoms with Gasteiger partial charge in [0, 0.05) is 29.5 Å². The minimum atomic E-state index is -0.773. The molecule has 2 N–H and O–H groups in total. The van der Waals surface area contributed by atoms with E-state index in [4.69, 9.17) is 4.74 Å². The third-order valence-electron chi connectivity index (χ3n) is 7.69. The summed E-state index contributed by atoms with van der Waals surface area (Å²) in [6.07, 6.45) is 12.9. The van der Waals surface area contributed by atoms with Crippen LogP contribution in [0.1, 0.15) is 31.9 Å². The van der Waals surface area contributed by atoms with Crippen LogP contribution < -0.4 is 4.57 Å². The number of aromatic amines is 1. The van der Waals surface area contributed by atoms with Crippen LogP contribution in [0.25, 0.3) is 11.3 Å². The van der Waals surface area contributed by atoms with Gasteiger partial charge in [-0.2, -0.15) is 0 Å². The van der Waals surface area contributed by atoms with Crippen molar-refractivity contribution >= 4 is 29.4 Å². The summed E-state index contributed by atoms with van der Waals surface area (Å²) in [4.78, 5) is 31.6. The molecule has 1 aromatic carbocycles. The number of nitrogens with zero attached hydrogens (tertiary/aromatic N) is 3. The van der Waals surface area contributed by atoms with Crippen LogP contribution in [0.3, 0.4) is 0 Å². The lowest BCUT2D eigenvalue weighted by Gasteiger charge is -2.46. The molecule has 2 aromatic rings. The molecule has 4 atom stereocenters. The van der Waals surface area contributed by atoms with Crippen molar-refractivity contribution in [1.82, 2.24) is 14.2 Å². The summed E-state index contributed by atoms with van der Waals surface area (Å²) in [6.45, 7) is 10.7. The van der Waals surface area contributed by atoms with Crippen LogP contribution in [-0.2, 0) is 20.9 Å². The molecule has 1 fully saturated rings. The third-order valence-corrected chi connectivity index (χ3v) is 8.78. The number of allylic oxidation sites excluding steroid dienone is 5. The molecule has 1 aromatic heterocycles. The molecular formula is C29H33N4O4S+. The highest BCUT2D eigenvalue weighted by Crippen LogP contribution is 2.49. The number of carbonyl (C=O) groups excluding carboxylic acids is 2. The molecule has 0 aliphatic carbocycles. The molecule has 1 unspecified atom stereocenters. The number of β-lactam (4-membered cyclic amide) rings is 1. The summed E-state index contributed by atoms with van der Waals surface area (Å²) in [7, 11) is 1.34. The Labute approximate surface area is 227 Å². The smallest absolute Gasteiger partial charge is 0.354 e. The molecule has 3 aliphatic rings. The number of hydrogen-bond donors (Lipinski definition) is 2. The molecule has 0 saturated carbocycles. The van der Waals surface area contributed by atoms with Gasteiger partial charge in [0.2, 0.25) is 12.2 Å². The average Bonchev–Trinajstić information content (AvgIpc) is 3.62. The number of benzene rings is 1. The number of rotatable bonds is 8. The fraction of sp³-hybridized carbons (Fsp3) is 0.345. The van der Waals surface area contributed by atoms with Gasteiger partial charge < -0.3 is 14.7 Å². The number of aliphatic hydroxyl groups excluding tert-OH is 1. The van der Waals surface area contributed by atoms with E-state index >= 15 is 0 Å². The Balaban J connectivity index is 1.51. The molecule has 1 saturated heterocycles. The van der Waals surface area contributed by atoms with Gasteiger partial charge >= 0.3 is 5.97 Å². The maximum atomic E-state index is 12.9. The first kappa shape index (κ1) is 26.2. The Kier molecular flexibility index (Phi) is 7.17. The largest absolute Gasteiger partial charge is 0.464 e. The van der Waals surface area contributed by atoms with Crippen LogP contribution >= 0.6 is 11.9 Å². The Morgan fingerprint density at radius 2 is 2.21 bits per heavy atom. The predicted molar refractivity (Wildman–Crippen MR) is 146 cm³/mol. The first-order chi connectivity index (χ1) is 18.3. The molecule has 198 valence electrons. The molecule has 0 bridgehead atoms. The summed E-state index contributed by atoms with van der Waals surface area (Å²) < 4.78 is 9.38. The topological polar surface area (TPSA) is 89.8 Å². The van der Waals surface area contributed by atoms with E-state index in [0.29, 0.717) is 18.8 Å². The summed E-state index contributed by atoms with van der Waals surface area (Å²) in [5.74, 6) is -1.30. The maximum Gasteiger partial charge on any atom is 0.354 e. The number of fused-ring (bicyclic) bond motifs is 2. The summed E-state index contributed by atoms with van der Waals surface area (Å²) in [5, 5.41) is 10.2. The second-order valence-corrected chi connectivity index (χ2v) is 10.9. The third kappa shape index (κ3) is 4.15. The lowest BCUT2D eigenvalue weighted by molar-refractivity contribution is -0.594. The zero-order chi connectivity index (χ0) is 27.1. The number of nitrogens with one attached hydrogen (secondary N) is 1. The van der Waals surface area contributed by atoms with Gasteiger partial charge in [0.1, 0.15) is 23.8 Å². The number of aromatic nitrogens is 2. The monoisotopic (exact) mass is 533 g/mol. The Morgan fingerprint density at radius 1 is 1.42 bits per heavy atom. The van der Waals surface area contributed by atoms with Gasteiger partial charge in [0.25, 0.3) is 0 Å². The minimum absolute atomic E-state index is 0.0715. The molecule has 9 heteroatoms.